The average Bonchev–Trinajstić information content (AvgIpc) is 3.12. The Hall–Kier alpha value is -2.83. The van der Waals surface area contributed by atoms with Crippen molar-refractivity contribution in [3.8, 4) is 5.75 Å². The number of carbonyl (C=O) groups is 1. The molecule has 0 aliphatic rings. The van der Waals surface area contributed by atoms with Crippen LogP contribution < -0.4 is 10.1 Å². The number of aromatic amines is 1. The lowest BCUT2D eigenvalue weighted by Crippen LogP contribution is -2.31. The molecule has 138 valence electrons. The number of rotatable bonds is 6. The summed E-state index contributed by atoms with van der Waals surface area (Å²) in [5.74, 6) is 2.25. The van der Waals surface area contributed by atoms with Gasteiger partial charge in [0.25, 0.3) is 5.91 Å². The second-order valence-electron chi connectivity index (χ2n) is 6.48. The van der Waals surface area contributed by atoms with Crippen molar-refractivity contribution in [1.82, 2.24) is 25.1 Å². The molecule has 0 unspecified atom stereocenters. The van der Waals surface area contributed by atoms with Crippen molar-refractivity contribution < 1.29 is 9.53 Å². The summed E-state index contributed by atoms with van der Waals surface area (Å²) in [5.41, 5.74) is 2.42. The normalized spacial score (nSPS) is 12.3. The monoisotopic (exact) mass is 355 g/mol. The van der Waals surface area contributed by atoms with Gasteiger partial charge < -0.3 is 15.0 Å². The van der Waals surface area contributed by atoms with E-state index in [2.05, 4.69) is 20.4 Å². The van der Waals surface area contributed by atoms with Gasteiger partial charge in [-0.25, -0.2) is 9.67 Å². The summed E-state index contributed by atoms with van der Waals surface area (Å²) < 4.78 is 7.39. The molecule has 0 saturated heterocycles. The Bertz CT molecular complexity index is 941. The van der Waals surface area contributed by atoms with Crippen LogP contribution in [0.3, 0.4) is 0 Å². The van der Waals surface area contributed by atoms with E-state index in [1.807, 2.05) is 57.5 Å². The van der Waals surface area contributed by atoms with Gasteiger partial charge >= 0.3 is 0 Å². The van der Waals surface area contributed by atoms with Crippen LogP contribution >= 0.6 is 0 Å². The molecule has 3 aromatic rings. The van der Waals surface area contributed by atoms with Gasteiger partial charge in [0.05, 0.1) is 12.6 Å². The Balaban J connectivity index is 1.75. The average molecular weight is 355 g/mol. The third-order valence-corrected chi connectivity index (χ3v) is 4.45. The number of amides is 1. The van der Waals surface area contributed by atoms with Gasteiger partial charge in [-0.1, -0.05) is 0 Å². The van der Waals surface area contributed by atoms with Crippen LogP contribution in [0.15, 0.2) is 18.2 Å². The van der Waals surface area contributed by atoms with Crippen LogP contribution in [-0.4, -0.2) is 38.8 Å². The molecule has 0 radical (unpaired) electrons. The predicted molar refractivity (Wildman–Crippen MR) is 101 cm³/mol. The van der Waals surface area contributed by atoms with Crippen molar-refractivity contribution >= 4 is 16.8 Å². The lowest BCUT2D eigenvalue weighted by Gasteiger charge is -2.14. The molecule has 0 aliphatic carbocycles. The van der Waals surface area contributed by atoms with E-state index in [9.17, 15) is 4.79 Å². The largest absolute Gasteiger partial charge is 0.494 e. The van der Waals surface area contributed by atoms with Crippen molar-refractivity contribution in [2.45, 2.75) is 40.7 Å². The summed E-state index contributed by atoms with van der Waals surface area (Å²) in [6.45, 7) is 10.8. The molecule has 0 saturated carbocycles. The van der Waals surface area contributed by atoms with E-state index in [1.165, 1.54) is 0 Å². The molecule has 0 bridgehead atoms. The fraction of sp³-hybridized carbons (Fsp3) is 0.421. The van der Waals surface area contributed by atoms with Crippen LogP contribution in [0.2, 0.25) is 0 Å². The van der Waals surface area contributed by atoms with Crippen LogP contribution in [0.4, 0.5) is 0 Å². The van der Waals surface area contributed by atoms with Crippen molar-refractivity contribution in [2.24, 2.45) is 0 Å². The first-order valence-electron chi connectivity index (χ1n) is 8.83. The molecule has 0 spiro atoms. The number of hydrogen-bond donors (Lipinski definition) is 2. The van der Waals surface area contributed by atoms with E-state index in [0.717, 1.165) is 33.9 Å². The van der Waals surface area contributed by atoms with Crippen LogP contribution in [0.1, 0.15) is 47.6 Å². The van der Waals surface area contributed by atoms with Crippen molar-refractivity contribution in [3.63, 3.8) is 0 Å². The fourth-order valence-corrected chi connectivity index (χ4v) is 3.16. The number of H-pyrrole nitrogens is 1. The maximum Gasteiger partial charge on any atom is 0.268 e. The predicted octanol–water partition coefficient (Wildman–Crippen LogP) is 3.07. The van der Waals surface area contributed by atoms with E-state index in [-0.39, 0.29) is 11.9 Å². The second kappa shape index (κ2) is 7.19. The number of hydrogen-bond acceptors (Lipinski definition) is 4. The highest BCUT2D eigenvalue weighted by Gasteiger charge is 2.17. The number of aryl methyl sites for hydroxylation is 3. The first-order chi connectivity index (χ1) is 12.4. The van der Waals surface area contributed by atoms with Gasteiger partial charge in [-0.2, -0.15) is 5.10 Å². The number of benzene rings is 1. The molecule has 1 atom stereocenters. The van der Waals surface area contributed by atoms with E-state index in [4.69, 9.17) is 4.74 Å². The summed E-state index contributed by atoms with van der Waals surface area (Å²) in [7, 11) is 0. The summed E-state index contributed by atoms with van der Waals surface area (Å²) in [5, 5.41) is 8.36. The molecule has 2 aromatic heterocycles. The van der Waals surface area contributed by atoms with Gasteiger partial charge in [0.15, 0.2) is 0 Å². The van der Waals surface area contributed by atoms with Gasteiger partial charge in [-0.15, -0.1) is 0 Å². The lowest BCUT2D eigenvalue weighted by molar-refractivity contribution is 0.0943. The zero-order valence-electron chi connectivity index (χ0n) is 15.9. The highest BCUT2D eigenvalue weighted by Crippen LogP contribution is 2.26. The van der Waals surface area contributed by atoms with E-state index in [1.54, 1.807) is 0 Å². The second-order valence-corrected chi connectivity index (χ2v) is 6.48. The Morgan fingerprint density at radius 1 is 1.35 bits per heavy atom. The maximum atomic E-state index is 12.7. The Morgan fingerprint density at radius 3 is 2.77 bits per heavy atom. The minimum absolute atomic E-state index is 0.0226. The van der Waals surface area contributed by atoms with Gasteiger partial charge in [0.2, 0.25) is 0 Å². The molecular weight excluding hydrogens is 330 g/mol. The first-order valence-corrected chi connectivity index (χ1v) is 8.83. The van der Waals surface area contributed by atoms with Crippen LogP contribution in [0.5, 0.6) is 5.75 Å². The number of carbonyl (C=O) groups excluding carboxylic acids is 1. The van der Waals surface area contributed by atoms with Crippen LogP contribution in [-0.2, 0) is 0 Å². The third kappa shape index (κ3) is 3.42. The van der Waals surface area contributed by atoms with Gasteiger partial charge in [0.1, 0.15) is 23.1 Å². The molecular formula is C19H25N5O2. The molecule has 3 rings (SSSR count). The van der Waals surface area contributed by atoms with Crippen LogP contribution in [0, 0.1) is 20.8 Å². The third-order valence-electron chi connectivity index (χ3n) is 4.45. The number of nitrogens with one attached hydrogen (secondary N) is 2. The molecule has 2 N–H and O–H groups in total. The number of ether oxygens (including phenoxy) is 1. The maximum absolute atomic E-state index is 12.7. The lowest BCUT2D eigenvalue weighted by atomic mass is 10.1. The topological polar surface area (TPSA) is 84.8 Å². The standard InChI is InChI=1S/C19H25N5O2/c1-6-26-15-7-8-17-16(9-15)12(3)18(22-17)19(25)20-10-11(2)24-14(5)21-13(4)23-24/h7-9,11,22H,6,10H2,1-5H3,(H,20,25)/t11-/m1/s1. The van der Waals surface area contributed by atoms with Crippen molar-refractivity contribution in [3.05, 3.63) is 41.1 Å². The SMILES string of the molecule is CCOc1ccc2[nH]c(C(=O)NC[C@@H](C)n3nc(C)nc3C)c(C)c2c1. The molecule has 1 amide bonds. The smallest absolute Gasteiger partial charge is 0.268 e. The number of nitrogens with zero attached hydrogens (tertiary/aromatic N) is 3. The van der Waals surface area contributed by atoms with Gasteiger partial charge in [-0.3, -0.25) is 4.79 Å². The molecule has 2 heterocycles. The molecule has 7 nitrogen and oxygen atoms in total. The Labute approximate surface area is 152 Å². The van der Waals surface area contributed by atoms with E-state index >= 15 is 0 Å². The quantitative estimate of drug-likeness (QED) is 0.712. The minimum atomic E-state index is -0.127. The van der Waals surface area contributed by atoms with Crippen molar-refractivity contribution in [1.29, 1.82) is 0 Å². The minimum Gasteiger partial charge on any atom is -0.494 e. The Morgan fingerprint density at radius 2 is 2.12 bits per heavy atom. The fourth-order valence-electron chi connectivity index (χ4n) is 3.16. The Kier molecular flexibility index (Phi) is 4.97. The summed E-state index contributed by atoms with van der Waals surface area (Å²) >= 11 is 0. The summed E-state index contributed by atoms with van der Waals surface area (Å²) in [4.78, 5) is 20.2. The van der Waals surface area contributed by atoms with Crippen molar-refractivity contribution in [2.75, 3.05) is 13.2 Å². The molecule has 7 heteroatoms. The molecule has 26 heavy (non-hydrogen) atoms. The number of aromatic nitrogens is 4. The zero-order valence-corrected chi connectivity index (χ0v) is 15.9. The molecule has 1 aromatic carbocycles. The summed E-state index contributed by atoms with van der Waals surface area (Å²) in [6, 6.07) is 5.83. The van der Waals surface area contributed by atoms with Gasteiger partial charge in [-0.05, 0) is 58.4 Å². The van der Waals surface area contributed by atoms with E-state index < -0.39 is 0 Å². The first kappa shape index (κ1) is 18.0. The summed E-state index contributed by atoms with van der Waals surface area (Å²) in [6.07, 6.45) is 0. The highest BCUT2D eigenvalue weighted by atomic mass is 16.5. The highest BCUT2D eigenvalue weighted by molar-refractivity contribution is 6.01. The molecule has 0 fully saturated rings. The van der Waals surface area contributed by atoms with Gasteiger partial charge in [0, 0.05) is 17.4 Å². The number of fused-ring (bicyclic) bond motifs is 1. The van der Waals surface area contributed by atoms with Crippen LogP contribution in [0.25, 0.3) is 10.9 Å². The molecule has 0 aliphatic heterocycles. The van der Waals surface area contributed by atoms with E-state index in [0.29, 0.717) is 18.8 Å². The zero-order chi connectivity index (χ0) is 18.8.